The predicted molar refractivity (Wildman–Crippen MR) is 45.8 cm³/mol. The van der Waals surface area contributed by atoms with Gasteiger partial charge in [0.05, 0.1) is 11.9 Å². The van der Waals surface area contributed by atoms with Crippen LogP contribution in [0, 0.1) is 5.82 Å². The van der Waals surface area contributed by atoms with Crippen LogP contribution >= 0.6 is 0 Å². The van der Waals surface area contributed by atoms with Crippen molar-refractivity contribution in [2.24, 2.45) is 0 Å². The Hall–Kier alpha value is -2.19. The summed E-state index contributed by atoms with van der Waals surface area (Å²) in [5.74, 6) is -5.18. The number of pyridine rings is 1. The van der Waals surface area contributed by atoms with E-state index in [9.17, 15) is 27.2 Å². The zero-order valence-corrected chi connectivity index (χ0v) is 7.88. The van der Waals surface area contributed by atoms with Gasteiger partial charge in [0, 0.05) is 6.07 Å². The molecule has 0 spiro atoms. The van der Waals surface area contributed by atoms with E-state index >= 15 is 0 Å². The lowest BCUT2D eigenvalue weighted by Gasteiger charge is -2.09. The predicted octanol–water partition coefficient (Wildman–Crippen LogP) is 1.42. The molecule has 1 rings (SSSR count). The van der Waals surface area contributed by atoms with Crippen LogP contribution in [0.2, 0.25) is 0 Å². The third-order valence-corrected chi connectivity index (χ3v) is 1.56. The van der Waals surface area contributed by atoms with E-state index in [4.69, 9.17) is 5.11 Å². The van der Waals surface area contributed by atoms with E-state index in [0.717, 1.165) is 0 Å². The molecule has 0 saturated heterocycles. The SMILES string of the molecule is O=C(O)c1ncc(F)cc1NC(=O)C(F)(F)F. The van der Waals surface area contributed by atoms with Gasteiger partial charge in [0.25, 0.3) is 0 Å². The van der Waals surface area contributed by atoms with Crippen molar-refractivity contribution >= 4 is 17.6 Å². The van der Waals surface area contributed by atoms with Gasteiger partial charge in [-0.2, -0.15) is 13.2 Å². The van der Waals surface area contributed by atoms with Gasteiger partial charge in [0.2, 0.25) is 0 Å². The van der Waals surface area contributed by atoms with Gasteiger partial charge in [0.1, 0.15) is 5.82 Å². The summed E-state index contributed by atoms with van der Waals surface area (Å²) in [4.78, 5) is 24.1. The molecule has 5 nitrogen and oxygen atoms in total. The fourth-order valence-corrected chi connectivity index (χ4v) is 0.898. The van der Waals surface area contributed by atoms with E-state index in [2.05, 4.69) is 4.98 Å². The van der Waals surface area contributed by atoms with E-state index in [1.165, 1.54) is 5.32 Å². The second kappa shape index (κ2) is 4.36. The number of halogens is 4. The molecule has 0 atom stereocenters. The summed E-state index contributed by atoms with van der Waals surface area (Å²) >= 11 is 0. The molecular weight excluding hydrogens is 248 g/mol. The van der Waals surface area contributed by atoms with Crippen LogP contribution in [0.4, 0.5) is 23.2 Å². The molecule has 0 aliphatic rings. The molecule has 0 unspecified atom stereocenters. The fourth-order valence-electron chi connectivity index (χ4n) is 0.898. The number of carbonyl (C=O) groups excluding carboxylic acids is 1. The normalized spacial score (nSPS) is 11.1. The van der Waals surface area contributed by atoms with Gasteiger partial charge in [-0.25, -0.2) is 14.2 Å². The molecule has 0 saturated carbocycles. The van der Waals surface area contributed by atoms with Crippen LogP contribution in [0.3, 0.4) is 0 Å². The maximum Gasteiger partial charge on any atom is 0.471 e. The second-order valence-corrected chi connectivity index (χ2v) is 2.81. The maximum absolute atomic E-state index is 12.7. The Kier molecular flexibility index (Phi) is 3.30. The zero-order valence-electron chi connectivity index (χ0n) is 7.88. The molecule has 0 radical (unpaired) electrons. The summed E-state index contributed by atoms with van der Waals surface area (Å²) in [5.41, 5.74) is -1.75. The maximum atomic E-state index is 12.7. The number of aromatic nitrogens is 1. The van der Waals surface area contributed by atoms with E-state index < -0.39 is 35.3 Å². The first-order valence-electron chi connectivity index (χ1n) is 3.99. The zero-order chi connectivity index (χ0) is 13.2. The number of alkyl halides is 3. The Morgan fingerprint density at radius 2 is 1.94 bits per heavy atom. The quantitative estimate of drug-likeness (QED) is 0.780. The summed E-state index contributed by atoms with van der Waals surface area (Å²) in [6.07, 6.45) is -4.70. The summed E-state index contributed by atoms with van der Waals surface area (Å²) in [6, 6.07) is 0.431. The van der Waals surface area contributed by atoms with Crippen molar-refractivity contribution in [2.45, 2.75) is 6.18 Å². The first-order chi connectivity index (χ1) is 7.71. The standard InChI is InChI=1S/C8H4F4N2O3/c9-3-1-4(5(6(15)16)13-2-3)14-7(17)8(10,11)12/h1-2H,(H,14,17)(H,15,16). The monoisotopic (exact) mass is 252 g/mol. The minimum atomic E-state index is -5.21. The lowest BCUT2D eigenvalue weighted by Crippen LogP contribution is -2.30. The Morgan fingerprint density at radius 1 is 1.35 bits per heavy atom. The largest absolute Gasteiger partial charge is 0.476 e. The topological polar surface area (TPSA) is 79.3 Å². The average molecular weight is 252 g/mol. The molecule has 0 aliphatic carbocycles. The summed E-state index contributed by atoms with van der Waals surface area (Å²) in [7, 11) is 0. The van der Waals surface area contributed by atoms with Gasteiger partial charge in [-0.05, 0) is 0 Å². The first-order valence-corrected chi connectivity index (χ1v) is 3.99. The molecule has 0 fully saturated rings. The lowest BCUT2D eigenvalue weighted by molar-refractivity contribution is -0.167. The fraction of sp³-hybridized carbons (Fsp3) is 0.125. The highest BCUT2D eigenvalue weighted by Gasteiger charge is 2.39. The van der Waals surface area contributed by atoms with Crippen LogP contribution in [0.15, 0.2) is 12.3 Å². The van der Waals surface area contributed by atoms with Gasteiger partial charge < -0.3 is 10.4 Å². The highest BCUT2D eigenvalue weighted by Crippen LogP contribution is 2.20. The molecule has 92 valence electrons. The molecule has 9 heteroatoms. The van der Waals surface area contributed by atoms with E-state index in [0.29, 0.717) is 12.3 Å². The first kappa shape index (κ1) is 12.9. The number of carbonyl (C=O) groups is 2. The molecule has 1 aromatic rings. The van der Waals surface area contributed by atoms with Gasteiger partial charge >= 0.3 is 18.1 Å². The Morgan fingerprint density at radius 3 is 2.41 bits per heavy atom. The highest BCUT2D eigenvalue weighted by atomic mass is 19.4. The van der Waals surface area contributed by atoms with Crippen molar-refractivity contribution < 1.29 is 32.3 Å². The number of aromatic carboxylic acids is 1. The molecule has 1 amide bonds. The third kappa shape index (κ3) is 3.13. The van der Waals surface area contributed by atoms with Crippen molar-refractivity contribution in [3.63, 3.8) is 0 Å². The van der Waals surface area contributed by atoms with Crippen LogP contribution in [-0.2, 0) is 4.79 Å². The van der Waals surface area contributed by atoms with Crippen LogP contribution in [0.5, 0.6) is 0 Å². The van der Waals surface area contributed by atoms with Crippen molar-refractivity contribution in [3.05, 3.63) is 23.8 Å². The second-order valence-electron chi connectivity index (χ2n) is 2.81. The van der Waals surface area contributed by atoms with Crippen LogP contribution in [0.25, 0.3) is 0 Å². The van der Waals surface area contributed by atoms with E-state index in [1.807, 2.05) is 0 Å². The molecule has 1 heterocycles. The molecular formula is C8H4F4N2O3. The lowest BCUT2D eigenvalue weighted by atomic mass is 10.3. The van der Waals surface area contributed by atoms with Crippen molar-refractivity contribution in [1.29, 1.82) is 0 Å². The molecule has 0 bridgehead atoms. The number of nitrogens with one attached hydrogen (secondary N) is 1. The van der Waals surface area contributed by atoms with Crippen LogP contribution in [0.1, 0.15) is 10.5 Å². The van der Waals surface area contributed by atoms with Gasteiger partial charge in [0.15, 0.2) is 5.69 Å². The smallest absolute Gasteiger partial charge is 0.471 e. The van der Waals surface area contributed by atoms with Crippen molar-refractivity contribution in [1.82, 2.24) is 4.98 Å². The van der Waals surface area contributed by atoms with Crippen molar-refractivity contribution in [2.75, 3.05) is 5.32 Å². The number of rotatable bonds is 2. The minimum Gasteiger partial charge on any atom is -0.476 e. The molecule has 0 aromatic carbocycles. The molecule has 2 N–H and O–H groups in total. The Balaban J connectivity index is 3.09. The van der Waals surface area contributed by atoms with E-state index in [-0.39, 0.29) is 0 Å². The number of amides is 1. The van der Waals surface area contributed by atoms with Crippen LogP contribution < -0.4 is 5.32 Å². The summed E-state index contributed by atoms with van der Waals surface area (Å²) in [6.45, 7) is 0. The number of nitrogens with zero attached hydrogens (tertiary/aromatic N) is 1. The van der Waals surface area contributed by atoms with Gasteiger partial charge in [-0.1, -0.05) is 0 Å². The molecule has 0 aliphatic heterocycles. The third-order valence-electron chi connectivity index (χ3n) is 1.56. The van der Waals surface area contributed by atoms with Crippen molar-refractivity contribution in [3.8, 4) is 0 Å². The number of hydrogen-bond acceptors (Lipinski definition) is 3. The van der Waals surface area contributed by atoms with E-state index in [1.54, 1.807) is 0 Å². The molecule has 1 aromatic heterocycles. The van der Waals surface area contributed by atoms with Gasteiger partial charge in [-0.3, -0.25) is 4.79 Å². The minimum absolute atomic E-state index is 0.431. The number of hydrogen-bond donors (Lipinski definition) is 2. The average Bonchev–Trinajstić information content (AvgIpc) is 2.15. The number of carboxylic acids is 1. The summed E-state index contributed by atoms with van der Waals surface area (Å²) < 4.78 is 48.4. The summed E-state index contributed by atoms with van der Waals surface area (Å²) in [5, 5.41) is 9.78. The number of anilines is 1. The Bertz CT molecular complexity index is 472. The highest BCUT2D eigenvalue weighted by molar-refractivity contribution is 6.01. The van der Waals surface area contributed by atoms with Gasteiger partial charge in [-0.15, -0.1) is 0 Å². The molecule has 17 heavy (non-hydrogen) atoms. The Labute approximate surface area is 91.1 Å². The van der Waals surface area contributed by atoms with Crippen LogP contribution in [-0.4, -0.2) is 28.1 Å². The number of carboxylic acid groups (broad SMARTS) is 1.